The third-order valence-electron chi connectivity index (χ3n) is 11.5. The molecule has 0 aliphatic carbocycles. The van der Waals surface area contributed by atoms with Crippen LogP contribution >= 0.6 is 0 Å². The Morgan fingerprint density at radius 2 is 0.966 bits per heavy atom. The molecule has 3 heteroatoms. The number of rotatable bonds is 7. The van der Waals surface area contributed by atoms with Gasteiger partial charge in [-0.25, -0.2) is 0 Å². The van der Waals surface area contributed by atoms with E-state index in [4.69, 9.17) is 4.42 Å². The molecule has 0 aliphatic heterocycles. The molecule has 0 bridgehead atoms. The lowest BCUT2D eigenvalue weighted by molar-refractivity contribution is 0.670. The lowest BCUT2D eigenvalue weighted by Crippen LogP contribution is -2.12. The van der Waals surface area contributed by atoms with Crippen LogP contribution in [0.5, 0.6) is 0 Å². The van der Waals surface area contributed by atoms with Crippen LogP contribution in [0.1, 0.15) is 5.56 Å². The molecule has 0 fully saturated rings. The van der Waals surface area contributed by atoms with E-state index in [1.807, 2.05) is 0 Å². The van der Waals surface area contributed by atoms with E-state index in [0.29, 0.717) is 0 Å². The molecule has 2 aromatic heterocycles. The lowest BCUT2D eigenvalue weighted by atomic mass is 9.93. The third kappa shape index (κ3) is 5.51. The molecule has 0 amide bonds. The van der Waals surface area contributed by atoms with E-state index >= 15 is 0 Å². The van der Waals surface area contributed by atoms with E-state index in [-0.39, 0.29) is 0 Å². The smallest absolute Gasteiger partial charge is 0.143 e. The Morgan fingerprint density at radius 1 is 0.397 bits per heavy atom. The van der Waals surface area contributed by atoms with Gasteiger partial charge in [-0.2, -0.15) is 0 Å². The number of aromatic nitrogens is 1. The van der Waals surface area contributed by atoms with Crippen LogP contribution in [0.25, 0.3) is 82.8 Å². The molecule has 0 radical (unpaired) electrons. The largest absolute Gasteiger partial charge is 0.455 e. The molecule has 11 rings (SSSR count). The minimum Gasteiger partial charge on any atom is -0.455 e. The third-order valence-corrected chi connectivity index (χ3v) is 11.5. The number of hydrogen-bond donors (Lipinski definition) is 0. The summed E-state index contributed by atoms with van der Waals surface area (Å²) >= 11 is 0. The van der Waals surface area contributed by atoms with Crippen molar-refractivity contribution in [2.45, 2.75) is 6.92 Å². The Morgan fingerprint density at radius 3 is 1.69 bits per heavy atom. The molecule has 0 spiro atoms. The zero-order valence-electron chi connectivity index (χ0n) is 32.0. The molecule has 11 aromatic rings. The second-order valence-corrected chi connectivity index (χ2v) is 14.9. The maximum Gasteiger partial charge on any atom is 0.143 e. The molecule has 0 aliphatic rings. The van der Waals surface area contributed by atoms with Crippen LogP contribution < -0.4 is 4.90 Å². The van der Waals surface area contributed by atoms with Gasteiger partial charge in [0.15, 0.2) is 0 Å². The highest BCUT2D eigenvalue weighted by Crippen LogP contribution is 2.47. The molecule has 58 heavy (non-hydrogen) atoms. The van der Waals surface area contributed by atoms with Crippen LogP contribution in [-0.4, -0.2) is 4.57 Å². The fourth-order valence-electron chi connectivity index (χ4n) is 8.86. The summed E-state index contributed by atoms with van der Waals surface area (Å²) in [6.07, 6.45) is 0. The SMILES string of the molecule is Cc1ccccc1N(c1ccc(-c2ccccc2)c(-c2ccccc2)c1)c1cc(-c2ccccc2-n2c3ccccc3c3ccccc32)c2oc3ccccc3c2c1. The standard InChI is InChI=1S/C55H38N2O/c1-37-18-8-13-27-50(37)56(40-32-33-42(38-19-4-2-5-20-38)47(34-40)39-21-6-3-7-22-39)41-35-48(55-49(36-41)46-26-12-17-31-54(46)58-55)45-25-11-16-30-53(45)57-51-28-14-9-23-43(51)44-24-10-15-29-52(44)57/h2-36H,1H3. The normalized spacial score (nSPS) is 11.5. The van der Waals surface area contributed by atoms with Crippen molar-refractivity contribution in [3.8, 4) is 39.1 Å². The summed E-state index contributed by atoms with van der Waals surface area (Å²) in [5.74, 6) is 0. The number of benzene rings is 9. The minimum atomic E-state index is 0.867. The second-order valence-electron chi connectivity index (χ2n) is 14.9. The van der Waals surface area contributed by atoms with Gasteiger partial charge in [-0.1, -0.05) is 158 Å². The summed E-state index contributed by atoms with van der Waals surface area (Å²) in [5, 5.41) is 4.62. The zero-order valence-corrected chi connectivity index (χ0v) is 32.0. The van der Waals surface area contributed by atoms with Crippen molar-refractivity contribution in [2.75, 3.05) is 4.90 Å². The van der Waals surface area contributed by atoms with Gasteiger partial charge in [-0.05, 0) is 89.3 Å². The maximum atomic E-state index is 6.87. The number of para-hydroxylation sites is 5. The van der Waals surface area contributed by atoms with Crippen molar-refractivity contribution in [1.29, 1.82) is 0 Å². The quantitative estimate of drug-likeness (QED) is 0.162. The van der Waals surface area contributed by atoms with Gasteiger partial charge < -0.3 is 13.9 Å². The van der Waals surface area contributed by atoms with Crippen LogP contribution in [0, 0.1) is 6.92 Å². The van der Waals surface area contributed by atoms with Crippen LogP contribution in [0.3, 0.4) is 0 Å². The first-order valence-electron chi connectivity index (χ1n) is 19.9. The molecule has 274 valence electrons. The average Bonchev–Trinajstić information content (AvgIpc) is 3.83. The fraction of sp³-hybridized carbons (Fsp3) is 0.0182. The number of aryl methyl sites for hydroxylation is 1. The van der Waals surface area contributed by atoms with Gasteiger partial charge in [0, 0.05) is 49.7 Å². The molecule has 0 unspecified atom stereocenters. The van der Waals surface area contributed by atoms with Crippen molar-refractivity contribution in [1.82, 2.24) is 4.57 Å². The van der Waals surface area contributed by atoms with Crippen LogP contribution in [0.15, 0.2) is 217 Å². The summed E-state index contributed by atoms with van der Waals surface area (Å²) in [5.41, 5.74) is 16.4. The highest BCUT2D eigenvalue weighted by Gasteiger charge is 2.24. The van der Waals surface area contributed by atoms with Gasteiger partial charge in [-0.3, -0.25) is 0 Å². The topological polar surface area (TPSA) is 21.3 Å². The van der Waals surface area contributed by atoms with Gasteiger partial charge in [-0.15, -0.1) is 0 Å². The van der Waals surface area contributed by atoms with Gasteiger partial charge in [0.2, 0.25) is 0 Å². The van der Waals surface area contributed by atoms with Crippen molar-refractivity contribution in [3.05, 3.63) is 218 Å². The Balaban J connectivity index is 1.21. The molecule has 9 aromatic carbocycles. The first kappa shape index (κ1) is 33.7. The average molecular weight is 743 g/mol. The van der Waals surface area contributed by atoms with Gasteiger partial charge in [0.1, 0.15) is 11.2 Å². The first-order chi connectivity index (χ1) is 28.7. The lowest BCUT2D eigenvalue weighted by Gasteiger charge is -2.29. The Kier molecular flexibility index (Phi) is 8.04. The molecule has 2 heterocycles. The predicted molar refractivity (Wildman–Crippen MR) is 244 cm³/mol. The number of fused-ring (bicyclic) bond motifs is 6. The molecule has 0 saturated heterocycles. The summed E-state index contributed by atoms with van der Waals surface area (Å²) in [4.78, 5) is 2.42. The summed E-state index contributed by atoms with van der Waals surface area (Å²) in [7, 11) is 0. The second kappa shape index (κ2) is 13.8. The summed E-state index contributed by atoms with van der Waals surface area (Å²) < 4.78 is 9.28. The highest BCUT2D eigenvalue weighted by atomic mass is 16.3. The van der Waals surface area contributed by atoms with Crippen molar-refractivity contribution >= 4 is 60.8 Å². The Hall–Kier alpha value is -7.62. The highest BCUT2D eigenvalue weighted by molar-refractivity contribution is 6.14. The molecular weight excluding hydrogens is 705 g/mol. The molecule has 0 N–H and O–H groups in total. The molecule has 0 saturated carbocycles. The maximum absolute atomic E-state index is 6.87. The predicted octanol–water partition coefficient (Wildman–Crippen LogP) is 15.5. The Bertz CT molecular complexity index is 3250. The van der Waals surface area contributed by atoms with E-state index in [1.54, 1.807) is 0 Å². The van der Waals surface area contributed by atoms with Gasteiger partial charge >= 0.3 is 0 Å². The number of furan rings is 1. The van der Waals surface area contributed by atoms with Crippen molar-refractivity contribution in [2.24, 2.45) is 0 Å². The fourth-order valence-corrected chi connectivity index (χ4v) is 8.86. The summed E-state index contributed by atoms with van der Waals surface area (Å²) in [6, 6.07) is 76.2. The number of nitrogens with zero attached hydrogens (tertiary/aromatic N) is 2. The van der Waals surface area contributed by atoms with E-state index in [0.717, 1.165) is 55.8 Å². The summed E-state index contributed by atoms with van der Waals surface area (Å²) in [6.45, 7) is 2.20. The van der Waals surface area contributed by atoms with Crippen molar-refractivity contribution in [3.63, 3.8) is 0 Å². The zero-order chi connectivity index (χ0) is 38.6. The van der Waals surface area contributed by atoms with Crippen LogP contribution in [-0.2, 0) is 0 Å². The first-order valence-corrected chi connectivity index (χ1v) is 19.9. The van der Waals surface area contributed by atoms with Gasteiger partial charge in [0.25, 0.3) is 0 Å². The monoisotopic (exact) mass is 742 g/mol. The Labute approximate surface area is 337 Å². The minimum absolute atomic E-state index is 0.867. The number of hydrogen-bond acceptors (Lipinski definition) is 2. The van der Waals surface area contributed by atoms with E-state index in [9.17, 15) is 0 Å². The molecule has 3 nitrogen and oxygen atoms in total. The number of anilines is 3. The van der Waals surface area contributed by atoms with Gasteiger partial charge in [0.05, 0.1) is 16.7 Å². The van der Waals surface area contributed by atoms with Crippen molar-refractivity contribution < 1.29 is 4.42 Å². The van der Waals surface area contributed by atoms with Crippen LogP contribution in [0.2, 0.25) is 0 Å². The van der Waals surface area contributed by atoms with E-state index < -0.39 is 0 Å². The van der Waals surface area contributed by atoms with E-state index in [1.165, 1.54) is 49.6 Å². The molecule has 0 atom stereocenters. The van der Waals surface area contributed by atoms with Crippen LogP contribution in [0.4, 0.5) is 17.1 Å². The molecular formula is C55H38N2O. The van der Waals surface area contributed by atoms with E-state index in [2.05, 4.69) is 229 Å².